The Labute approximate surface area is 152 Å². The number of hydrogen-bond donors (Lipinski definition) is 1. The predicted molar refractivity (Wildman–Crippen MR) is 97.1 cm³/mol. The lowest BCUT2D eigenvalue weighted by Gasteiger charge is -2.41. The number of nitrogens with zero attached hydrogens (tertiary/aromatic N) is 1. The van der Waals surface area contributed by atoms with Crippen molar-refractivity contribution in [2.45, 2.75) is 43.7 Å². The standard InChI is InChI=1S/C21H22F2N2O/c22-17-7-2-1-6-16(17)14-12-15(13-14)24-19-9-5-11-25(21(19)26)20-10-4-3-8-18(20)23/h1-4,6-8,10,14-15,19,24H,5,9,11-13H2/t14?,15?,19-/m0/s1. The Balaban J connectivity index is 1.38. The molecular weight excluding hydrogens is 334 g/mol. The van der Waals surface area contributed by atoms with Crippen molar-refractivity contribution in [3.63, 3.8) is 0 Å². The van der Waals surface area contributed by atoms with Gasteiger partial charge in [0.2, 0.25) is 5.91 Å². The van der Waals surface area contributed by atoms with E-state index in [-0.39, 0.29) is 35.5 Å². The minimum Gasteiger partial charge on any atom is -0.308 e. The maximum Gasteiger partial charge on any atom is 0.244 e. The summed E-state index contributed by atoms with van der Waals surface area (Å²) in [6.07, 6.45) is 3.24. The first kappa shape index (κ1) is 17.2. The smallest absolute Gasteiger partial charge is 0.244 e. The fourth-order valence-electron chi connectivity index (χ4n) is 4.04. The number of carbonyl (C=O) groups excluding carboxylic acids is 1. The molecule has 1 heterocycles. The Morgan fingerprint density at radius 2 is 1.65 bits per heavy atom. The molecule has 136 valence electrons. The summed E-state index contributed by atoms with van der Waals surface area (Å²) in [6, 6.07) is 13.2. The topological polar surface area (TPSA) is 32.3 Å². The molecule has 1 atom stereocenters. The Kier molecular flexibility index (Phi) is 4.72. The molecule has 1 aliphatic carbocycles. The van der Waals surface area contributed by atoms with Crippen LogP contribution >= 0.6 is 0 Å². The summed E-state index contributed by atoms with van der Waals surface area (Å²) >= 11 is 0. The van der Waals surface area contributed by atoms with Gasteiger partial charge < -0.3 is 10.2 Å². The predicted octanol–water partition coefficient (Wildman–Crippen LogP) is 4.00. The number of carbonyl (C=O) groups is 1. The van der Waals surface area contributed by atoms with Crippen molar-refractivity contribution in [3.8, 4) is 0 Å². The molecule has 2 aromatic carbocycles. The Morgan fingerprint density at radius 3 is 2.38 bits per heavy atom. The number of para-hydroxylation sites is 1. The first-order valence-electron chi connectivity index (χ1n) is 9.20. The summed E-state index contributed by atoms with van der Waals surface area (Å²) < 4.78 is 27.9. The molecule has 1 aliphatic heterocycles. The number of amides is 1. The first-order valence-corrected chi connectivity index (χ1v) is 9.20. The lowest BCUT2D eigenvalue weighted by Crippen LogP contribution is -2.56. The highest BCUT2D eigenvalue weighted by atomic mass is 19.1. The minimum absolute atomic E-state index is 0.0734. The lowest BCUT2D eigenvalue weighted by molar-refractivity contribution is -0.122. The van der Waals surface area contributed by atoms with E-state index in [2.05, 4.69) is 5.32 Å². The van der Waals surface area contributed by atoms with Crippen LogP contribution in [0.1, 0.15) is 37.2 Å². The molecule has 1 saturated carbocycles. The van der Waals surface area contributed by atoms with Gasteiger partial charge in [-0.05, 0) is 55.4 Å². The highest BCUT2D eigenvalue weighted by Gasteiger charge is 2.37. The van der Waals surface area contributed by atoms with Gasteiger partial charge >= 0.3 is 0 Å². The molecule has 1 saturated heterocycles. The molecule has 2 aromatic rings. The van der Waals surface area contributed by atoms with Crippen molar-refractivity contribution in [1.82, 2.24) is 5.32 Å². The molecule has 0 radical (unpaired) electrons. The average molecular weight is 356 g/mol. The summed E-state index contributed by atoms with van der Waals surface area (Å²) in [5.74, 6) is -0.397. The van der Waals surface area contributed by atoms with Gasteiger partial charge in [-0.25, -0.2) is 8.78 Å². The van der Waals surface area contributed by atoms with Crippen molar-refractivity contribution >= 4 is 11.6 Å². The van der Waals surface area contributed by atoms with Crippen molar-refractivity contribution in [2.75, 3.05) is 11.4 Å². The van der Waals surface area contributed by atoms with Crippen LogP contribution in [-0.2, 0) is 4.79 Å². The zero-order valence-electron chi connectivity index (χ0n) is 14.5. The summed E-state index contributed by atoms with van der Waals surface area (Å²) in [6.45, 7) is 0.542. The third-order valence-corrected chi connectivity index (χ3v) is 5.50. The van der Waals surface area contributed by atoms with Crippen LogP contribution in [0.15, 0.2) is 48.5 Å². The quantitative estimate of drug-likeness (QED) is 0.898. The number of nitrogens with one attached hydrogen (secondary N) is 1. The monoisotopic (exact) mass is 356 g/mol. The van der Waals surface area contributed by atoms with Gasteiger partial charge in [0.05, 0.1) is 11.7 Å². The van der Waals surface area contributed by atoms with Crippen LogP contribution in [-0.4, -0.2) is 24.5 Å². The molecule has 0 bridgehead atoms. The second-order valence-electron chi connectivity index (χ2n) is 7.19. The van der Waals surface area contributed by atoms with E-state index in [4.69, 9.17) is 0 Å². The van der Waals surface area contributed by atoms with Crippen LogP contribution in [0, 0.1) is 11.6 Å². The zero-order valence-corrected chi connectivity index (χ0v) is 14.5. The fourth-order valence-corrected chi connectivity index (χ4v) is 4.04. The zero-order chi connectivity index (χ0) is 18.1. The van der Waals surface area contributed by atoms with E-state index in [9.17, 15) is 13.6 Å². The van der Waals surface area contributed by atoms with Gasteiger partial charge in [0.1, 0.15) is 11.6 Å². The van der Waals surface area contributed by atoms with E-state index in [1.165, 1.54) is 12.1 Å². The largest absolute Gasteiger partial charge is 0.308 e. The fraction of sp³-hybridized carbons (Fsp3) is 0.381. The van der Waals surface area contributed by atoms with Crippen molar-refractivity contribution in [1.29, 1.82) is 0 Å². The highest BCUT2D eigenvalue weighted by molar-refractivity contribution is 5.98. The molecule has 0 unspecified atom stereocenters. The first-order chi connectivity index (χ1) is 12.6. The number of rotatable bonds is 4. The van der Waals surface area contributed by atoms with Gasteiger partial charge in [-0.15, -0.1) is 0 Å². The van der Waals surface area contributed by atoms with E-state index in [1.807, 2.05) is 12.1 Å². The van der Waals surface area contributed by atoms with Crippen LogP contribution in [0.25, 0.3) is 0 Å². The van der Waals surface area contributed by atoms with E-state index in [1.54, 1.807) is 29.2 Å². The number of halogens is 2. The molecule has 1 amide bonds. The third-order valence-electron chi connectivity index (χ3n) is 5.50. The Hall–Kier alpha value is -2.27. The third kappa shape index (κ3) is 3.23. The molecule has 2 aliphatic rings. The van der Waals surface area contributed by atoms with Gasteiger partial charge in [-0.2, -0.15) is 0 Å². The van der Waals surface area contributed by atoms with Gasteiger partial charge in [0, 0.05) is 12.6 Å². The number of hydrogen-bond acceptors (Lipinski definition) is 2. The Morgan fingerprint density at radius 1 is 0.962 bits per heavy atom. The lowest BCUT2D eigenvalue weighted by atomic mass is 9.75. The molecule has 26 heavy (non-hydrogen) atoms. The number of anilines is 1. The summed E-state index contributed by atoms with van der Waals surface area (Å²) in [5.41, 5.74) is 1.11. The SMILES string of the molecule is O=C1[C@@H](NC2CC(c3ccccc3F)C2)CCCN1c1ccccc1F. The van der Waals surface area contributed by atoms with Crippen LogP contribution < -0.4 is 10.2 Å². The average Bonchev–Trinajstić information content (AvgIpc) is 2.61. The summed E-state index contributed by atoms with van der Waals surface area (Å²) in [7, 11) is 0. The van der Waals surface area contributed by atoms with E-state index < -0.39 is 0 Å². The number of piperidine rings is 1. The van der Waals surface area contributed by atoms with Crippen LogP contribution in [0.2, 0.25) is 0 Å². The van der Waals surface area contributed by atoms with Gasteiger partial charge in [-0.3, -0.25) is 4.79 Å². The van der Waals surface area contributed by atoms with E-state index >= 15 is 0 Å². The minimum atomic E-state index is -0.371. The molecule has 5 heteroatoms. The maximum atomic E-state index is 14.0. The molecule has 3 nitrogen and oxygen atoms in total. The second-order valence-corrected chi connectivity index (χ2v) is 7.19. The molecule has 0 aromatic heterocycles. The van der Waals surface area contributed by atoms with Gasteiger partial charge in [-0.1, -0.05) is 30.3 Å². The normalized spacial score (nSPS) is 25.8. The van der Waals surface area contributed by atoms with Crippen LogP contribution in [0.3, 0.4) is 0 Å². The molecule has 1 N–H and O–H groups in total. The maximum absolute atomic E-state index is 14.0. The summed E-state index contributed by atoms with van der Waals surface area (Å²) in [5, 5.41) is 3.41. The van der Waals surface area contributed by atoms with Crippen LogP contribution in [0.4, 0.5) is 14.5 Å². The second kappa shape index (κ2) is 7.16. The van der Waals surface area contributed by atoms with Gasteiger partial charge in [0.25, 0.3) is 0 Å². The van der Waals surface area contributed by atoms with E-state index in [0.717, 1.165) is 31.2 Å². The highest BCUT2D eigenvalue weighted by Crippen LogP contribution is 2.38. The van der Waals surface area contributed by atoms with Gasteiger partial charge in [0.15, 0.2) is 0 Å². The Bertz CT molecular complexity index is 804. The molecule has 4 rings (SSSR count). The van der Waals surface area contributed by atoms with Crippen molar-refractivity contribution in [2.24, 2.45) is 0 Å². The molecule has 2 fully saturated rings. The molecule has 0 spiro atoms. The van der Waals surface area contributed by atoms with Crippen molar-refractivity contribution < 1.29 is 13.6 Å². The van der Waals surface area contributed by atoms with Crippen LogP contribution in [0.5, 0.6) is 0 Å². The number of benzene rings is 2. The van der Waals surface area contributed by atoms with E-state index in [0.29, 0.717) is 12.2 Å². The molecular formula is C21H22F2N2O. The summed E-state index contributed by atoms with van der Waals surface area (Å²) in [4.78, 5) is 14.3. The van der Waals surface area contributed by atoms with Crippen molar-refractivity contribution in [3.05, 3.63) is 65.7 Å².